The number of halogens is 1. The van der Waals surface area contributed by atoms with E-state index in [9.17, 15) is 9.18 Å². The van der Waals surface area contributed by atoms with Crippen LogP contribution in [0, 0.1) is 5.82 Å². The van der Waals surface area contributed by atoms with Crippen molar-refractivity contribution in [2.24, 2.45) is 0 Å². The lowest BCUT2D eigenvalue weighted by Crippen LogP contribution is -2.30. The molecule has 7 heteroatoms. The summed E-state index contributed by atoms with van der Waals surface area (Å²) in [7, 11) is 0. The quantitative estimate of drug-likeness (QED) is 0.766. The molecule has 0 atom stereocenters. The Morgan fingerprint density at radius 2 is 1.82 bits per heavy atom. The number of hydrogen-bond donors (Lipinski definition) is 1. The zero-order valence-corrected chi connectivity index (χ0v) is 16.5. The first-order chi connectivity index (χ1) is 13.3. The lowest BCUT2D eigenvalue weighted by molar-refractivity contribution is 0.0635. The Kier molecular flexibility index (Phi) is 6.02. The topological polar surface area (TPSA) is 63.7 Å². The predicted molar refractivity (Wildman–Crippen MR) is 107 cm³/mol. The summed E-state index contributed by atoms with van der Waals surface area (Å²) in [6.45, 7) is 7.19. The highest BCUT2D eigenvalue weighted by Crippen LogP contribution is 2.28. The molecule has 0 saturated carbocycles. The van der Waals surface area contributed by atoms with Gasteiger partial charge in [-0.05, 0) is 58.2 Å². The SMILES string of the molecule is CC(C)(C)OC(=O)Nc1ccc(Oc2ccnc(N3CCCCC3)c2)cc1F. The molecule has 1 saturated heterocycles. The van der Waals surface area contributed by atoms with Gasteiger partial charge in [0.15, 0.2) is 5.82 Å². The van der Waals surface area contributed by atoms with E-state index in [0.717, 1.165) is 31.7 Å². The van der Waals surface area contributed by atoms with Crippen LogP contribution in [0.15, 0.2) is 36.5 Å². The van der Waals surface area contributed by atoms with E-state index in [0.29, 0.717) is 11.5 Å². The highest BCUT2D eigenvalue weighted by Gasteiger charge is 2.18. The number of rotatable bonds is 4. The number of carbonyl (C=O) groups excluding carboxylic acids is 1. The fourth-order valence-corrected chi connectivity index (χ4v) is 2.97. The Hall–Kier alpha value is -2.83. The van der Waals surface area contributed by atoms with Crippen LogP contribution < -0.4 is 15.0 Å². The smallest absolute Gasteiger partial charge is 0.412 e. The molecule has 1 fully saturated rings. The molecule has 0 radical (unpaired) electrons. The monoisotopic (exact) mass is 387 g/mol. The van der Waals surface area contributed by atoms with Gasteiger partial charge in [-0.3, -0.25) is 5.32 Å². The second kappa shape index (κ2) is 8.46. The van der Waals surface area contributed by atoms with Gasteiger partial charge in [0, 0.05) is 31.4 Å². The molecular formula is C21H26FN3O3. The molecule has 0 spiro atoms. The number of amides is 1. The van der Waals surface area contributed by atoms with E-state index in [2.05, 4.69) is 15.2 Å². The predicted octanol–water partition coefficient (Wildman–Crippen LogP) is 5.35. The van der Waals surface area contributed by atoms with Crippen LogP contribution in [0.4, 0.5) is 20.7 Å². The maximum atomic E-state index is 14.3. The number of nitrogens with zero attached hydrogens (tertiary/aromatic N) is 2. The van der Waals surface area contributed by atoms with Crippen molar-refractivity contribution in [3.63, 3.8) is 0 Å². The summed E-state index contributed by atoms with van der Waals surface area (Å²) < 4.78 is 25.3. The Morgan fingerprint density at radius 3 is 2.50 bits per heavy atom. The number of piperidine rings is 1. The van der Waals surface area contributed by atoms with Gasteiger partial charge in [0.05, 0.1) is 5.69 Å². The van der Waals surface area contributed by atoms with Crippen LogP contribution in [0.5, 0.6) is 11.5 Å². The summed E-state index contributed by atoms with van der Waals surface area (Å²) in [6, 6.07) is 7.86. The molecule has 0 aliphatic carbocycles. The molecule has 1 aliphatic rings. The van der Waals surface area contributed by atoms with Crippen LogP contribution in [0.3, 0.4) is 0 Å². The highest BCUT2D eigenvalue weighted by atomic mass is 19.1. The van der Waals surface area contributed by atoms with Crippen LogP contribution in [-0.2, 0) is 4.74 Å². The van der Waals surface area contributed by atoms with E-state index in [1.54, 1.807) is 39.1 Å². The van der Waals surface area contributed by atoms with Crippen molar-refractivity contribution in [1.82, 2.24) is 4.98 Å². The number of hydrogen-bond acceptors (Lipinski definition) is 5. The minimum absolute atomic E-state index is 0.0327. The Morgan fingerprint density at radius 1 is 1.11 bits per heavy atom. The molecular weight excluding hydrogens is 361 g/mol. The number of anilines is 2. The summed E-state index contributed by atoms with van der Waals surface area (Å²) in [5.74, 6) is 1.18. The molecule has 2 aromatic rings. The lowest BCUT2D eigenvalue weighted by Gasteiger charge is -2.27. The second-order valence-corrected chi connectivity index (χ2v) is 7.77. The molecule has 1 aliphatic heterocycles. The number of pyridine rings is 1. The van der Waals surface area contributed by atoms with E-state index in [1.807, 2.05) is 6.07 Å². The lowest BCUT2D eigenvalue weighted by atomic mass is 10.1. The Balaban J connectivity index is 1.66. The molecule has 6 nitrogen and oxygen atoms in total. The third-order valence-electron chi connectivity index (χ3n) is 4.21. The average molecular weight is 387 g/mol. The number of aromatic nitrogens is 1. The maximum Gasteiger partial charge on any atom is 0.412 e. The first-order valence-corrected chi connectivity index (χ1v) is 9.48. The van der Waals surface area contributed by atoms with E-state index < -0.39 is 17.5 Å². The first kappa shape index (κ1) is 19.9. The number of nitrogens with one attached hydrogen (secondary N) is 1. The van der Waals surface area contributed by atoms with E-state index in [1.165, 1.54) is 18.6 Å². The molecule has 1 aromatic heterocycles. The number of carbonyl (C=O) groups is 1. The second-order valence-electron chi connectivity index (χ2n) is 7.77. The Bertz CT molecular complexity index is 830. The molecule has 0 bridgehead atoms. The van der Waals surface area contributed by atoms with Crippen molar-refractivity contribution >= 4 is 17.6 Å². The van der Waals surface area contributed by atoms with Crippen molar-refractivity contribution in [2.45, 2.75) is 45.6 Å². The maximum absolute atomic E-state index is 14.3. The molecule has 1 amide bonds. The van der Waals surface area contributed by atoms with Crippen molar-refractivity contribution in [1.29, 1.82) is 0 Å². The van der Waals surface area contributed by atoms with Crippen LogP contribution in [0.25, 0.3) is 0 Å². The van der Waals surface area contributed by atoms with Crippen molar-refractivity contribution in [3.05, 3.63) is 42.3 Å². The van der Waals surface area contributed by atoms with E-state index in [-0.39, 0.29) is 5.69 Å². The van der Waals surface area contributed by atoms with Crippen molar-refractivity contribution in [2.75, 3.05) is 23.3 Å². The first-order valence-electron chi connectivity index (χ1n) is 9.48. The molecule has 3 rings (SSSR count). The zero-order valence-electron chi connectivity index (χ0n) is 16.5. The van der Waals surface area contributed by atoms with Gasteiger partial charge in [0.1, 0.15) is 22.9 Å². The van der Waals surface area contributed by atoms with Gasteiger partial charge >= 0.3 is 6.09 Å². The van der Waals surface area contributed by atoms with Crippen molar-refractivity contribution in [3.8, 4) is 11.5 Å². The molecule has 150 valence electrons. The van der Waals surface area contributed by atoms with Gasteiger partial charge in [-0.2, -0.15) is 0 Å². The fourth-order valence-electron chi connectivity index (χ4n) is 2.97. The Labute approximate surface area is 164 Å². The van der Waals surface area contributed by atoms with Crippen molar-refractivity contribution < 1.29 is 18.7 Å². The van der Waals surface area contributed by atoms with Gasteiger partial charge in [-0.1, -0.05) is 0 Å². The minimum atomic E-state index is -0.708. The van der Waals surface area contributed by atoms with E-state index in [4.69, 9.17) is 9.47 Å². The molecule has 28 heavy (non-hydrogen) atoms. The molecule has 1 N–H and O–H groups in total. The van der Waals surface area contributed by atoms with Gasteiger partial charge in [-0.25, -0.2) is 14.2 Å². The van der Waals surface area contributed by atoms with Gasteiger partial charge in [-0.15, -0.1) is 0 Å². The van der Waals surface area contributed by atoms with Gasteiger partial charge < -0.3 is 14.4 Å². The van der Waals surface area contributed by atoms with Gasteiger partial charge in [0.25, 0.3) is 0 Å². The molecule has 2 heterocycles. The summed E-state index contributed by atoms with van der Waals surface area (Å²) in [6.07, 6.45) is 4.54. The van der Waals surface area contributed by atoms with E-state index >= 15 is 0 Å². The summed E-state index contributed by atoms with van der Waals surface area (Å²) in [5.41, 5.74) is -0.623. The summed E-state index contributed by atoms with van der Waals surface area (Å²) in [5, 5.41) is 2.40. The van der Waals surface area contributed by atoms with Crippen LogP contribution >= 0.6 is 0 Å². The third kappa shape index (κ3) is 5.58. The zero-order chi connectivity index (χ0) is 20.1. The average Bonchev–Trinajstić information content (AvgIpc) is 2.63. The third-order valence-corrected chi connectivity index (χ3v) is 4.21. The summed E-state index contributed by atoms with van der Waals surface area (Å²) in [4.78, 5) is 18.4. The highest BCUT2D eigenvalue weighted by molar-refractivity contribution is 5.85. The number of benzene rings is 1. The summed E-state index contributed by atoms with van der Waals surface area (Å²) >= 11 is 0. The van der Waals surface area contributed by atoms with Crippen LogP contribution in [0.1, 0.15) is 40.0 Å². The van der Waals surface area contributed by atoms with Crippen LogP contribution in [-0.4, -0.2) is 29.8 Å². The van der Waals surface area contributed by atoms with Crippen LogP contribution in [0.2, 0.25) is 0 Å². The largest absolute Gasteiger partial charge is 0.457 e. The van der Waals surface area contributed by atoms with Gasteiger partial charge in [0.2, 0.25) is 0 Å². The fraction of sp³-hybridized carbons (Fsp3) is 0.429. The normalized spacial score (nSPS) is 14.5. The molecule has 1 aromatic carbocycles. The standard InChI is InChI=1S/C21H26FN3O3/c1-21(2,3)28-20(26)24-18-8-7-15(13-17(18)22)27-16-9-10-23-19(14-16)25-11-5-4-6-12-25/h7-10,13-14H,4-6,11-12H2,1-3H3,(H,24,26). The molecule has 0 unspecified atom stereocenters. The number of ether oxygens (including phenoxy) is 2. The minimum Gasteiger partial charge on any atom is -0.457 e.